The quantitative estimate of drug-likeness (QED) is 0.844. The second-order valence-electron chi connectivity index (χ2n) is 4.26. The fraction of sp³-hybridized carbons (Fsp3) is 0.429. The van der Waals surface area contributed by atoms with E-state index in [1.54, 1.807) is 13.2 Å². The molecular weight excluding hydrogens is 226 g/mol. The van der Waals surface area contributed by atoms with E-state index < -0.39 is 0 Å². The van der Waals surface area contributed by atoms with Crippen molar-refractivity contribution >= 4 is 16.9 Å². The van der Waals surface area contributed by atoms with Crippen molar-refractivity contribution in [1.29, 1.82) is 0 Å². The first-order chi connectivity index (χ1) is 8.54. The van der Waals surface area contributed by atoms with Gasteiger partial charge in [-0.15, -0.1) is 0 Å². The van der Waals surface area contributed by atoms with E-state index in [1.165, 1.54) is 6.42 Å². The third-order valence-corrected chi connectivity index (χ3v) is 2.44. The van der Waals surface area contributed by atoms with Gasteiger partial charge in [0.2, 0.25) is 0 Å². The smallest absolute Gasteiger partial charge is 0.254 e. The second kappa shape index (κ2) is 6.19. The molecule has 1 amide bonds. The van der Waals surface area contributed by atoms with Gasteiger partial charge in [-0.25, -0.2) is 0 Å². The molecule has 4 nitrogen and oxygen atoms in total. The van der Waals surface area contributed by atoms with Crippen molar-refractivity contribution in [3.63, 3.8) is 0 Å². The lowest BCUT2D eigenvalue weighted by atomic mass is 10.2. The van der Waals surface area contributed by atoms with Crippen LogP contribution in [-0.4, -0.2) is 22.5 Å². The number of nitrogens with one attached hydrogen (secondary N) is 1. The normalized spacial score (nSPS) is 9.83. The van der Waals surface area contributed by atoms with Crippen LogP contribution in [0.1, 0.15) is 37.7 Å². The van der Waals surface area contributed by atoms with Crippen LogP contribution < -0.4 is 5.32 Å². The van der Waals surface area contributed by atoms with Crippen molar-refractivity contribution in [2.75, 3.05) is 7.05 Å². The van der Waals surface area contributed by atoms with Gasteiger partial charge in [-0.3, -0.25) is 9.78 Å². The van der Waals surface area contributed by atoms with E-state index in [0.717, 1.165) is 16.7 Å². The SMILES string of the molecule is CCC.CNC(=O)c1cn(C)c2ccc(C)nc12.[HH]. The predicted octanol–water partition coefficient (Wildman–Crippen LogP) is 2.90. The minimum atomic E-state index is -0.0984. The summed E-state index contributed by atoms with van der Waals surface area (Å²) in [5.41, 5.74) is 3.27. The van der Waals surface area contributed by atoms with Crippen LogP contribution in [0.5, 0.6) is 0 Å². The van der Waals surface area contributed by atoms with E-state index in [2.05, 4.69) is 24.1 Å². The summed E-state index contributed by atoms with van der Waals surface area (Å²) >= 11 is 0. The molecule has 0 spiro atoms. The van der Waals surface area contributed by atoms with Gasteiger partial charge in [-0.1, -0.05) is 20.3 Å². The third-order valence-electron chi connectivity index (χ3n) is 2.44. The first kappa shape index (κ1) is 14.2. The number of nitrogens with zero attached hydrogens (tertiary/aromatic N) is 2. The maximum absolute atomic E-state index is 11.6. The Morgan fingerprint density at radius 3 is 2.61 bits per heavy atom. The molecule has 4 heteroatoms. The van der Waals surface area contributed by atoms with Crippen LogP contribution in [0.25, 0.3) is 11.0 Å². The van der Waals surface area contributed by atoms with E-state index in [-0.39, 0.29) is 7.33 Å². The maximum atomic E-state index is 11.6. The predicted molar refractivity (Wildman–Crippen MR) is 76.9 cm³/mol. The lowest BCUT2D eigenvalue weighted by Crippen LogP contribution is -2.17. The molecule has 0 aliphatic carbocycles. The molecule has 0 radical (unpaired) electrons. The highest BCUT2D eigenvalue weighted by molar-refractivity contribution is 6.05. The first-order valence-corrected chi connectivity index (χ1v) is 6.19. The molecule has 0 fully saturated rings. The van der Waals surface area contributed by atoms with Crippen LogP contribution in [0.4, 0.5) is 0 Å². The van der Waals surface area contributed by atoms with Crippen molar-refractivity contribution in [3.8, 4) is 0 Å². The Balaban J connectivity index is 0.000000742. The fourth-order valence-corrected chi connectivity index (χ4v) is 1.66. The number of fused-ring (bicyclic) bond motifs is 1. The molecule has 2 heterocycles. The molecule has 0 aromatic carbocycles. The largest absolute Gasteiger partial charge is 0.355 e. The number of aromatic nitrogens is 2. The molecule has 100 valence electrons. The van der Waals surface area contributed by atoms with Gasteiger partial charge >= 0.3 is 0 Å². The zero-order chi connectivity index (χ0) is 13.7. The van der Waals surface area contributed by atoms with Crippen molar-refractivity contribution in [2.45, 2.75) is 27.2 Å². The minimum Gasteiger partial charge on any atom is -0.355 e. The Kier molecular flexibility index (Phi) is 4.89. The maximum Gasteiger partial charge on any atom is 0.254 e. The molecule has 2 aromatic rings. The van der Waals surface area contributed by atoms with Gasteiger partial charge in [0.1, 0.15) is 5.52 Å². The highest BCUT2D eigenvalue weighted by Gasteiger charge is 2.13. The molecule has 0 bridgehead atoms. The van der Waals surface area contributed by atoms with E-state index in [9.17, 15) is 4.79 Å². The number of aryl methyl sites for hydroxylation is 2. The molecule has 0 aliphatic heterocycles. The molecule has 2 aromatic heterocycles. The molecular formula is C14H23N3O. The van der Waals surface area contributed by atoms with Crippen molar-refractivity contribution in [1.82, 2.24) is 14.9 Å². The number of hydrogen-bond donors (Lipinski definition) is 1. The van der Waals surface area contributed by atoms with Crippen molar-refractivity contribution in [2.24, 2.45) is 7.05 Å². The van der Waals surface area contributed by atoms with Gasteiger partial charge < -0.3 is 9.88 Å². The Bertz CT molecular complexity index is 549. The summed E-state index contributed by atoms with van der Waals surface area (Å²) in [5.74, 6) is -0.0984. The monoisotopic (exact) mass is 249 g/mol. The van der Waals surface area contributed by atoms with Crippen LogP contribution in [0, 0.1) is 6.92 Å². The number of pyridine rings is 1. The highest BCUT2D eigenvalue weighted by atomic mass is 16.1. The number of rotatable bonds is 1. The zero-order valence-electron chi connectivity index (χ0n) is 11.7. The molecule has 1 N–H and O–H groups in total. The summed E-state index contributed by atoms with van der Waals surface area (Å²) in [6.07, 6.45) is 3.05. The average Bonchev–Trinajstić information content (AvgIpc) is 2.66. The Morgan fingerprint density at radius 2 is 2.06 bits per heavy atom. The standard InChI is InChI=1S/C11H13N3O.C3H8.H2/c1-7-4-5-9-10(13-7)8(6-14(9)3)11(15)12-2;1-3-2;/h4-6H,1-3H3,(H,12,15);3H2,1-2H3;1H. The molecule has 0 atom stereocenters. The summed E-state index contributed by atoms with van der Waals surface area (Å²) < 4.78 is 1.91. The van der Waals surface area contributed by atoms with Crippen LogP contribution >= 0.6 is 0 Å². The van der Waals surface area contributed by atoms with E-state index >= 15 is 0 Å². The Morgan fingerprint density at radius 1 is 1.44 bits per heavy atom. The van der Waals surface area contributed by atoms with Crippen molar-refractivity contribution < 1.29 is 6.22 Å². The lowest BCUT2D eigenvalue weighted by molar-refractivity contribution is 0.0964. The van der Waals surface area contributed by atoms with Crippen LogP contribution in [0.3, 0.4) is 0 Å². The summed E-state index contributed by atoms with van der Waals surface area (Å²) in [6.45, 7) is 6.17. The van der Waals surface area contributed by atoms with Gasteiger partial charge in [0.25, 0.3) is 5.91 Å². The van der Waals surface area contributed by atoms with E-state index in [4.69, 9.17) is 0 Å². The number of hydrogen-bond acceptors (Lipinski definition) is 2. The molecule has 0 saturated heterocycles. The van der Waals surface area contributed by atoms with Gasteiger partial charge in [0, 0.05) is 27.4 Å². The summed E-state index contributed by atoms with van der Waals surface area (Å²) in [5, 5.41) is 2.61. The summed E-state index contributed by atoms with van der Waals surface area (Å²) in [4.78, 5) is 16.0. The zero-order valence-corrected chi connectivity index (χ0v) is 11.7. The number of amides is 1. The molecule has 0 saturated carbocycles. The molecule has 0 aliphatic rings. The summed E-state index contributed by atoms with van der Waals surface area (Å²) in [7, 11) is 3.53. The number of carbonyl (C=O) groups is 1. The number of carbonyl (C=O) groups excluding carboxylic acids is 1. The van der Waals surface area contributed by atoms with Crippen LogP contribution in [0.2, 0.25) is 0 Å². The van der Waals surface area contributed by atoms with E-state index in [0.29, 0.717) is 5.56 Å². The minimum absolute atomic E-state index is 0. The Labute approximate surface area is 110 Å². The van der Waals surface area contributed by atoms with Gasteiger partial charge in [-0.2, -0.15) is 0 Å². The fourth-order valence-electron chi connectivity index (χ4n) is 1.66. The lowest BCUT2D eigenvalue weighted by Gasteiger charge is -1.97. The van der Waals surface area contributed by atoms with E-state index in [1.807, 2.05) is 30.7 Å². The van der Waals surface area contributed by atoms with Gasteiger partial charge in [0.15, 0.2) is 0 Å². The molecule has 18 heavy (non-hydrogen) atoms. The van der Waals surface area contributed by atoms with Crippen molar-refractivity contribution in [3.05, 3.63) is 29.6 Å². The molecule has 0 unspecified atom stereocenters. The topological polar surface area (TPSA) is 46.9 Å². The van der Waals surface area contributed by atoms with Crippen LogP contribution in [-0.2, 0) is 7.05 Å². The third kappa shape index (κ3) is 2.88. The first-order valence-electron chi connectivity index (χ1n) is 6.19. The van der Waals surface area contributed by atoms with Gasteiger partial charge in [-0.05, 0) is 19.1 Å². The van der Waals surface area contributed by atoms with Crippen LogP contribution in [0.15, 0.2) is 18.3 Å². The Hall–Kier alpha value is -1.84. The highest BCUT2D eigenvalue weighted by Crippen LogP contribution is 2.18. The second-order valence-corrected chi connectivity index (χ2v) is 4.26. The average molecular weight is 249 g/mol. The summed E-state index contributed by atoms with van der Waals surface area (Å²) in [6, 6.07) is 3.92. The molecule has 2 rings (SSSR count). The van der Waals surface area contributed by atoms with Gasteiger partial charge in [0.05, 0.1) is 11.1 Å².